The molecule has 0 bridgehead atoms. The van der Waals surface area contributed by atoms with Crippen molar-refractivity contribution in [3.8, 4) is 0 Å². The topological polar surface area (TPSA) is 4.44 Å². The predicted octanol–water partition coefficient (Wildman–Crippen LogP) is 2.29. The predicted molar refractivity (Wildman–Crippen MR) is 69.6 cm³/mol. The second-order valence-corrected chi connectivity index (χ2v) is 6.23. The van der Waals surface area contributed by atoms with Crippen LogP contribution in [0.5, 0.6) is 0 Å². The first-order valence-electron chi connectivity index (χ1n) is 7.17. The van der Waals surface area contributed by atoms with Crippen LogP contribution in [0.3, 0.4) is 0 Å². The molecule has 0 unspecified atom stereocenters. The van der Waals surface area contributed by atoms with E-state index in [4.69, 9.17) is 0 Å². The lowest BCUT2D eigenvalue weighted by atomic mass is 9.74. The smallest absolute Gasteiger partial charge is 0.0807 e. The molecule has 0 aromatic carbocycles. The number of rotatable bonds is 2. The van der Waals surface area contributed by atoms with Crippen LogP contribution in [0.4, 0.5) is 0 Å². The van der Waals surface area contributed by atoms with E-state index in [1.54, 1.807) is 5.57 Å². The third-order valence-corrected chi connectivity index (χ3v) is 4.68. The van der Waals surface area contributed by atoms with Gasteiger partial charge in [0.05, 0.1) is 19.6 Å². The lowest BCUT2D eigenvalue weighted by Crippen LogP contribution is -3.13. The fourth-order valence-corrected chi connectivity index (χ4v) is 3.79. The summed E-state index contributed by atoms with van der Waals surface area (Å²) in [6.45, 7) is 11.5. The molecule has 1 N–H and O–H groups in total. The van der Waals surface area contributed by atoms with Crippen LogP contribution < -0.4 is 4.90 Å². The second kappa shape index (κ2) is 5.35. The quantitative estimate of drug-likeness (QED) is 0.684. The van der Waals surface area contributed by atoms with Gasteiger partial charge in [-0.25, -0.2) is 0 Å². The molecular formula is C15H28N+. The van der Waals surface area contributed by atoms with Crippen molar-refractivity contribution in [3.63, 3.8) is 0 Å². The molecular weight excluding hydrogens is 194 g/mol. The Morgan fingerprint density at radius 1 is 1.19 bits per heavy atom. The van der Waals surface area contributed by atoms with Crippen molar-refractivity contribution < 1.29 is 4.90 Å². The highest BCUT2D eigenvalue weighted by Crippen LogP contribution is 2.32. The molecule has 1 fully saturated rings. The van der Waals surface area contributed by atoms with Gasteiger partial charge < -0.3 is 4.90 Å². The van der Waals surface area contributed by atoms with Crippen LogP contribution in [0.15, 0.2) is 11.6 Å². The molecule has 1 nitrogen and oxygen atoms in total. The molecule has 1 saturated heterocycles. The van der Waals surface area contributed by atoms with Crippen molar-refractivity contribution in [1.82, 2.24) is 0 Å². The minimum absolute atomic E-state index is 0.804. The van der Waals surface area contributed by atoms with E-state index in [1.165, 1.54) is 45.3 Å². The van der Waals surface area contributed by atoms with Crippen LogP contribution in [0.1, 0.15) is 46.5 Å². The van der Waals surface area contributed by atoms with Gasteiger partial charge in [0, 0.05) is 5.92 Å². The Balaban J connectivity index is 1.92. The molecule has 1 heterocycles. The van der Waals surface area contributed by atoms with Crippen molar-refractivity contribution in [3.05, 3.63) is 11.6 Å². The molecule has 1 aliphatic carbocycles. The van der Waals surface area contributed by atoms with Crippen molar-refractivity contribution in [2.45, 2.75) is 46.5 Å². The minimum Gasteiger partial charge on any atom is -0.335 e. The summed E-state index contributed by atoms with van der Waals surface area (Å²) in [6.07, 6.45) is 8.24. The molecule has 16 heavy (non-hydrogen) atoms. The van der Waals surface area contributed by atoms with Crippen LogP contribution in [-0.2, 0) is 0 Å². The normalized spacial score (nSPS) is 37.2. The number of likely N-dealkylation sites (tertiary alicyclic amines) is 1. The molecule has 2 aliphatic rings. The largest absolute Gasteiger partial charge is 0.335 e. The fourth-order valence-electron chi connectivity index (χ4n) is 3.79. The Morgan fingerprint density at radius 2 is 1.88 bits per heavy atom. The van der Waals surface area contributed by atoms with Gasteiger partial charge in [-0.15, -0.1) is 0 Å². The van der Waals surface area contributed by atoms with Crippen molar-refractivity contribution in [1.29, 1.82) is 0 Å². The molecule has 0 aromatic heterocycles. The summed E-state index contributed by atoms with van der Waals surface area (Å²) >= 11 is 0. The third-order valence-electron chi connectivity index (χ3n) is 4.68. The van der Waals surface area contributed by atoms with Crippen molar-refractivity contribution in [2.24, 2.45) is 17.8 Å². The van der Waals surface area contributed by atoms with E-state index in [-0.39, 0.29) is 0 Å². The first kappa shape index (κ1) is 12.2. The summed E-state index contributed by atoms with van der Waals surface area (Å²) in [6, 6.07) is 0. The van der Waals surface area contributed by atoms with E-state index in [0.29, 0.717) is 0 Å². The first-order chi connectivity index (χ1) is 7.66. The lowest BCUT2D eigenvalue weighted by Gasteiger charge is -2.36. The molecule has 2 rings (SSSR count). The Kier molecular flexibility index (Phi) is 4.07. The Hall–Kier alpha value is -0.300. The zero-order valence-corrected chi connectivity index (χ0v) is 11.3. The molecule has 1 heteroatoms. The van der Waals surface area contributed by atoms with Gasteiger partial charge in [-0.05, 0) is 44.4 Å². The zero-order valence-electron chi connectivity index (χ0n) is 11.3. The van der Waals surface area contributed by atoms with Gasteiger partial charge in [0.25, 0.3) is 0 Å². The maximum Gasteiger partial charge on any atom is 0.0807 e. The van der Waals surface area contributed by atoms with Crippen molar-refractivity contribution in [2.75, 3.05) is 19.6 Å². The van der Waals surface area contributed by atoms with Gasteiger partial charge in [-0.3, -0.25) is 0 Å². The summed E-state index contributed by atoms with van der Waals surface area (Å²) in [4.78, 5) is 1.88. The monoisotopic (exact) mass is 222 g/mol. The second-order valence-electron chi connectivity index (χ2n) is 6.23. The number of nitrogens with one attached hydrogen (secondary N) is 1. The lowest BCUT2D eigenvalue weighted by molar-refractivity contribution is -0.909. The molecule has 0 aromatic rings. The standard InChI is InChI=1S/C15H27N/c1-12-9-13(2)15(14(3)10-12)11-16-7-5-4-6-8-16/h9,13-15H,4-8,10-11H2,1-3H3/p+1/t13-,14-,15-/m0/s1. The highest BCUT2D eigenvalue weighted by atomic mass is 15.1. The average Bonchev–Trinajstić information content (AvgIpc) is 2.25. The van der Waals surface area contributed by atoms with Crippen LogP contribution in [0.25, 0.3) is 0 Å². The van der Waals surface area contributed by atoms with Gasteiger partial charge >= 0.3 is 0 Å². The third kappa shape index (κ3) is 2.88. The van der Waals surface area contributed by atoms with E-state index in [1.807, 2.05) is 4.90 Å². The van der Waals surface area contributed by atoms with Crippen LogP contribution in [-0.4, -0.2) is 19.6 Å². The highest BCUT2D eigenvalue weighted by molar-refractivity contribution is 5.07. The highest BCUT2D eigenvalue weighted by Gasteiger charge is 2.30. The van der Waals surface area contributed by atoms with Crippen LogP contribution >= 0.6 is 0 Å². The molecule has 0 amide bonds. The average molecular weight is 222 g/mol. The van der Waals surface area contributed by atoms with Crippen LogP contribution in [0.2, 0.25) is 0 Å². The summed E-state index contributed by atoms with van der Waals surface area (Å²) in [5, 5.41) is 0. The zero-order chi connectivity index (χ0) is 11.5. The first-order valence-corrected chi connectivity index (χ1v) is 7.17. The molecule has 1 aliphatic heterocycles. The molecule has 92 valence electrons. The summed E-state index contributed by atoms with van der Waals surface area (Å²) < 4.78 is 0. The van der Waals surface area contributed by atoms with Crippen molar-refractivity contribution >= 4 is 0 Å². The Morgan fingerprint density at radius 3 is 2.50 bits per heavy atom. The SMILES string of the molecule is CC1=C[C@H](C)[C@H](C[NH+]2CCCCC2)[C@@H](C)C1. The number of hydrogen-bond donors (Lipinski definition) is 1. The van der Waals surface area contributed by atoms with E-state index in [0.717, 1.165) is 17.8 Å². The van der Waals surface area contributed by atoms with Gasteiger partial charge in [-0.1, -0.05) is 25.5 Å². The van der Waals surface area contributed by atoms with Gasteiger partial charge in [0.15, 0.2) is 0 Å². The van der Waals surface area contributed by atoms with Gasteiger partial charge in [0.2, 0.25) is 0 Å². The van der Waals surface area contributed by atoms with Gasteiger partial charge in [-0.2, -0.15) is 0 Å². The minimum atomic E-state index is 0.804. The molecule has 0 radical (unpaired) electrons. The van der Waals surface area contributed by atoms with E-state index >= 15 is 0 Å². The number of quaternary nitrogens is 1. The fraction of sp³-hybridized carbons (Fsp3) is 0.867. The maximum absolute atomic E-state index is 2.52. The summed E-state index contributed by atoms with van der Waals surface area (Å²) in [5.41, 5.74) is 1.62. The van der Waals surface area contributed by atoms with Crippen LogP contribution in [0, 0.1) is 17.8 Å². The van der Waals surface area contributed by atoms with E-state index in [2.05, 4.69) is 26.8 Å². The summed E-state index contributed by atoms with van der Waals surface area (Å²) in [5.74, 6) is 2.63. The number of allylic oxidation sites excluding steroid dienone is 2. The van der Waals surface area contributed by atoms with E-state index in [9.17, 15) is 0 Å². The van der Waals surface area contributed by atoms with E-state index < -0.39 is 0 Å². The summed E-state index contributed by atoms with van der Waals surface area (Å²) in [7, 11) is 0. The Bertz CT molecular complexity index is 250. The molecule has 0 spiro atoms. The number of hydrogen-bond acceptors (Lipinski definition) is 0. The maximum atomic E-state index is 2.52. The van der Waals surface area contributed by atoms with Gasteiger partial charge in [0.1, 0.15) is 0 Å². The molecule has 0 saturated carbocycles. The number of piperidine rings is 1. The Labute approximate surface area is 101 Å². The molecule has 3 atom stereocenters.